The molecule has 2 rings (SSSR count). The Morgan fingerprint density at radius 2 is 2.33 bits per heavy atom. The number of nitrogens with zero attached hydrogens (tertiary/aromatic N) is 3. The topological polar surface area (TPSA) is 122 Å². The standard InChI is InChI=1S/C10H7N5O2S/c11-5-6-3-8(15(16)17)7(12)4-9(6)18-10-13-1-2-14-10/h1-4H,12H2,(H,13,14). The maximum Gasteiger partial charge on any atom is 0.293 e. The summed E-state index contributed by atoms with van der Waals surface area (Å²) < 4.78 is 0. The van der Waals surface area contributed by atoms with Crippen LogP contribution in [0.1, 0.15) is 5.56 Å². The smallest absolute Gasteiger partial charge is 0.293 e. The zero-order chi connectivity index (χ0) is 13.1. The van der Waals surface area contributed by atoms with Crippen molar-refractivity contribution in [3.05, 3.63) is 40.2 Å². The number of H-pyrrole nitrogens is 1. The number of nitriles is 1. The predicted molar refractivity (Wildman–Crippen MR) is 64.9 cm³/mol. The molecule has 1 aromatic carbocycles. The summed E-state index contributed by atoms with van der Waals surface area (Å²) in [5, 5.41) is 20.3. The Morgan fingerprint density at radius 3 is 2.89 bits per heavy atom. The van der Waals surface area contributed by atoms with Gasteiger partial charge in [-0.2, -0.15) is 5.26 Å². The lowest BCUT2D eigenvalue weighted by molar-refractivity contribution is -0.384. The first kappa shape index (κ1) is 11.9. The zero-order valence-electron chi connectivity index (χ0n) is 8.95. The molecule has 1 aromatic heterocycles. The minimum atomic E-state index is -0.614. The summed E-state index contributed by atoms with van der Waals surface area (Å²) >= 11 is 1.19. The second-order valence-corrected chi connectivity index (χ2v) is 4.30. The van der Waals surface area contributed by atoms with E-state index in [4.69, 9.17) is 11.0 Å². The highest BCUT2D eigenvalue weighted by Crippen LogP contribution is 2.34. The molecule has 2 aromatic rings. The van der Waals surface area contributed by atoms with E-state index in [0.717, 1.165) is 0 Å². The molecule has 8 heteroatoms. The van der Waals surface area contributed by atoms with Crippen LogP contribution in [0.15, 0.2) is 34.6 Å². The predicted octanol–water partition coefficient (Wildman–Crippen LogP) is 1.92. The van der Waals surface area contributed by atoms with Crippen molar-refractivity contribution in [3.63, 3.8) is 0 Å². The van der Waals surface area contributed by atoms with Crippen LogP contribution in [0.4, 0.5) is 11.4 Å². The second kappa shape index (κ2) is 4.77. The summed E-state index contributed by atoms with van der Waals surface area (Å²) in [5.74, 6) is 0. The maximum absolute atomic E-state index is 10.7. The number of nitrogens with two attached hydrogens (primary N) is 1. The third-order valence-corrected chi connectivity index (χ3v) is 3.10. The molecule has 0 spiro atoms. The van der Waals surface area contributed by atoms with Gasteiger partial charge in [-0.3, -0.25) is 10.1 Å². The molecule has 0 atom stereocenters. The van der Waals surface area contributed by atoms with Crippen LogP contribution < -0.4 is 5.73 Å². The Bertz CT molecular complexity index is 632. The molecule has 0 radical (unpaired) electrons. The van der Waals surface area contributed by atoms with Crippen molar-refractivity contribution in [1.82, 2.24) is 9.97 Å². The van der Waals surface area contributed by atoms with Crippen molar-refractivity contribution in [2.75, 3.05) is 5.73 Å². The van der Waals surface area contributed by atoms with E-state index in [1.807, 2.05) is 6.07 Å². The highest BCUT2D eigenvalue weighted by Gasteiger charge is 2.17. The first-order valence-electron chi connectivity index (χ1n) is 4.77. The van der Waals surface area contributed by atoms with Gasteiger partial charge in [-0.25, -0.2) is 4.98 Å². The van der Waals surface area contributed by atoms with Crippen molar-refractivity contribution >= 4 is 23.1 Å². The average Bonchev–Trinajstić information content (AvgIpc) is 2.81. The van der Waals surface area contributed by atoms with Crippen LogP contribution in [0, 0.1) is 21.4 Å². The monoisotopic (exact) mass is 261 g/mol. The largest absolute Gasteiger partial charge is 0.393 e. The number of imidazole rings is 1. The molecule has 3 N–H and O–H groups in total. The van der Waals surface area contributed by atoms with E-state index in [0.29, 0.717) is 10.1 Å². The van der Waals surface area contributed by atoms with Crippen LogP contribution in [0.3, 0.4) is 0 Å². The number of benzene rings is 1. The molecule has 0 saturated carbocycles. The summed E-state index contributed by atoms with van der Waals surface area (Å²) in [6.07, 6.45) is 3.21. The molecule has 18 heavy (non-hydrogen) atoms. The number of anilines is 1. The van der Waals surface area contributed by atoms with Gasteiger partial charge < -0.3 is 10.7 Å². The number of nitrogen functional groups attached to an aromatic ring is 1. The number of aromatic amines is 1. The molecule has 0 amide bonds. The zero-order valence-corrected chi connectivity index (χ0v) is 9.77. The summed E-state index contributed by atoms with van der Waals surface area (Å²) in [6.45, 7) is 0. The summed E-state index contributed by atoms with van der Waals surface area (Å²) in [7, 11) is 0. The Balaban J connectivity index is 2.45. The van der Waals surface area contributed by atoms with Crippen molar-refractivity contribution in [3.8, 4) is 6.07 Å². The first-order chi connectivity index (χ1) is 8.61. The Kier molecular flexibility index (Phi) is 3.16. The number of rotatable bonds is 3. The van der Waals surface area contributed by atoms with Gasteiger partial charge in [0.25, 0.3) is 5.69 Å². The molecule has 1 heterocycles. The molecule has 0 aliphatic carbocycles. The van der Waals surface area contributed by atoms with Gasteiger partial charge in [-0.15, -0.1) is 0 Å². The highest BCUT2D eigenvalue weighted by atomic mass is 32.2. The van der Waals surface area contributed by atoms with Crippen molar-refractivity contribution in [1.29, 1.82) is 5.26 Å². The molecule has 0 bridgehead atoms. The van der Waals surface area contributed by atoms with E-state index in [1.54, 1.807) is 12.4 Å². The van der Waals surface area contributed by atoms with Crippen molar-refractivity contribution in [2.45, 2.75) is 10.1 Å². The van der Waals surface area contributed by atoms with Crippen LogP contribution in [-0.4, -0.2) is 14.9 Å². The van der Waals surface area contributed by atoms with E-state index in [2.05, 4.69) is 9.97 Å². The van der Waals surface area contributed by atoms with E-state index in [-0.39, 0.29) is 16.9 Å². The van der Waals surface area contributed by atoms with Crippen LogP contribution in [-0.2, 0) is 0 Å². The van der Waals surface area contributed by atoms with E-state index >= 15 is 0 Å². The summed E-state index contributed by atoms with van der Waals surface area (Å²) in [5.41, 5.74) is 5.52. The Morgan fingerprint density at radius 1 is 1.56 bits per heavy atom. The molecule has 0 saturated heterocycles. The van der Waals surface area contributed by atoms with Crippen molar-refractivity contribution < 1.29 is 4.92 Å². The molecular weight excluding hydrogens is 254 g/mol. The van der Waals surface area contributed by atoms with Gasteiger partial charge in [0.1, 0.15) is 11.8 Å². The van der Waals surface area contributed by atoms with E-state index < -0.39 is 4.92 Å². The number of hydrogen-bond acceptors (Lipinski definition) is 6. The number of nitro benzene ring substituents is 1. The highest BCUT2D eigenvalue weighted by molar-refractivity contribution is 7.99. The summed E-state index contributed by atoms with van der Waals surface area (Å²) in [6, 6.07) is 4.48. The van der Waals surface area contributed by atoms with Gasteiger partial charge in [-0.1, -0.05) is 11.8 Å². The minimum absolute atomic E-state index is 0.0213. The van der Waals surface area contributed by atoms with Crippen LogP contribution in [0.5, 0.6) is 0 Å². The minimum Gasteiger partial charge on any atom is -0.393 e. The molecule has 90 valence electrons. The Labute approximate surface area is 106 Å². The van der Waals surface area contributed by atoms with Gasteiger partial charge in [0, 0.05) is 23.4 Å². The normalized spacial score (nSPS) is 9.94. The lowest BCUT2D eigenvalue weighted by atomic mass is 10.2. The van der Waals surface area contributed by atoms with Crippen molar-refractivity contribution in [2.24, 2.45) is 0 Å². The van der Waals surface area contributed by atoms with Crippen LogP contribution in [0.25, 0.3) is 0 Å². The van der Waals surface area contributed by atoms with Gasteiger partial charge >= 0.3 is 0 Å². The molecular formula is C10H7N5O2S. The number of hydrogen-bond donors (Lipinski definition) is 2. The summed E-state index contributed by atoms with van der Waals surface area (Å²) in [4.78, 5) is 17.5. The maximum atomic E-state index is 10.7. The quantitative estimate of drug-likeness (QED) is 0.494. The molecule has 0 aliphatic rings. The van der Waals surface area contributed by atoms with Gasteiger partial charge in [-0.05, 0) is 6.07 Å². The van der Waals surface area contributed by atoms with Crippen LogP contribution in [0.2, 0.25) is 0 Å². The fraction of sp³-hybridized carbons (Fsp3) is 0. The molecule has 0 fully saturated rings. The lowest BCUT2D eigenvalue weighted by Crippen LogP contribution is -1.97. The lowest BCUT2D eigenvalue weighted by Gasteiger charge is -2.03. The average molecular weight is 261 g/mol. The third kappa shape index (κ3) is 2.26. The fourth-order valence-electron chi connectivity index (χ4n) is 1.32. The van der Waals surface area contributed by atoms with Gasteiger partial charge in [0.15, 0.2) is 5.16 Å². The SMILES string of the molecule is N#Cc1cc([N+](=O)[O-])c(N)cc1Sc1ncc[nH]1. The molecule has 0 aliphatic heterocycles. The van der Waals surface area contributed by atoms with Gasteiger partial charge in [0.2, 0.25) is 0 Å². The molecule has 0 unspecified atom stereocenters. The second-order valence-electron chi connectivity index (χ2n) is 3.27. The third-order valence-electron chi connectivity index (χ3n) is 2.13. The van der Waals surface area contributed by atoms with E-state index in [1.165, 1.54) is 23.9 Å². The number of nitrogens with one attached hydrogen (secondary N) is 1. The molecule has 7 nitrogen and oxygen atoms in total. The fourth-order valence-corrected chi connectivity index (χ4v) is 2.17. The number of nitro groups is 1. The van der Waals surface area contributed by atoms with Gasteiger partial charge in [0.05, 0.1) is 10.5 Å². The number of aromatic nitrogens is 2. The Hall–Kier alpha value is -2.53. The van der Waals surface area contributed by atoms with Crippen LogP contribution >= 0.6 is 11.8 Å². The van der Waals surface area contributed by atoms with E-state index in [9.17, 15) is 10.1 Å². The first-order valence-corrected chi connectivity index (χ1v) is 5.58.